The van der Waals surface area contributed by atoms with Gasteiger partial charge in [-0.15, -0.1) is 0 Å². The zero-order valence-corrected chi connectivity index (χ0v) is 19.7. The number of anilines is 1. The number of nitrogens with two attached hydrogens (primary N) is 1. The minimum absolute atomic E-state index is 0.0291. The van der Waals surface area contributed by atoms with E-state index in [1.807, 2.05) is 38.1 Å². The highest BCUT2D eigenvalue weighted by Gasteiger charge is 2.42. The first kappa shape index (κ1) is 26.0. The third-order valence-corrected chi connectivity index (χ3v) is 5.92. The monoisotopic (exact) mass is 477 g/mol. The van der Waals surface area contributed by atoms with E-state index in [-0.39, 0.29) is 24.6 Å². The van der Waals surface area contributed by atoms with Crippen molar-refractivity contribution in [1.29, 1.82) is 0 Å². The number of alkyl halides is 3. The molecule has 1 aliphatic heterocycles. The van der Waals surface area contributed by atoms with E-state index >= 15 is 0 Å². The topological polar surface area (TPSA) is 82.4 Å². The molecule has 0 bridgehead atoms. The van der Waals surface area contributed by atoms with Gasteiger partial charge >= 0.3 is 6.18 Å². The van der Waals surface area contributed by atoms with E-state index in [1.54, 1.807) is 12.1 Å². The maximum Gasteiger partial charge on any atom is 0.407 e. The van der Waals surface area contributed by atoms with Gasteiger partial charge in [-0.2, -0.15) is 13.2 Å². The molecule has 5 N–H and O–H groups in total. The molecule has 1 amide bonds. The fourth-order valence-corrected chi connectivity index (χ4v) is 4.18. The summed E-state index contributed by atoms with van der Waals surface area (Å²) < 4.78 is 41.9. The molecule has 1 saturated heterocycles. The van der Waals surface area contributed by atoms with Gasteiger partial charge in [0, 0.05) is 31.9 Å². The molecule has 0 aliphatic carbocycles. The number of amides is 1. The summed E-state index contributed by atoms with van der Waals surface area (Å²) in [4.78, 5) is 14.6. The molecule has 1 aliphatic rings. The third kappa shape index (κ3) is 6.94. The summed E-state index contributed by atoms with van der Waals surface area (Å²) in [5.41, 5.74) is 8.32. The van der Waals surface area contributed by atoms with Crippen LogP contribution in [0.1, 0.15) is 31.9 Å². The number of carbonyl (C=O) groups is 1. The number of hydrogen-bond donors (Lipinski definition) is 4. The molecule has 1 heterocycles. The fourth-order valence-electron chi connectivity index (χ4n) is 4.18. The largest absolute Gasteiger partial charge is 0.407 e. The zero-order chi connectivity index (χ0) is 24.7. The van der Waals surface area contributed by atoms with Crippen LogP contribution in [0.4, 0.5) is 18.9 Å². The molecule has 0 radical (unpaired) electrons. The van der Waals surface area contributed by atoms with Gasteiger partial charge in [0.2, 0.25) is 5.91 Å². The quantitative estimate of drug-likeness (QED) is 0.416. The molecular weight excluding hydrogens is 443 g/mol. The van der Waals surface area contributed by atoms with Crippen LogP contribution in [0.2, 0.25) is 0 Å². The zero-order valence-electron chi connectivity index (χ0n) is 19.7. The van der Waals surface area contributed by atoms with Gasteiger partial charge in [-0.3, -0.25) is 10.1 Å². The van der Waals surface area contributed by atoms with E-state index in [9.17, 15) is 18.0 Å². The van der Waals surface area contributed by atoms with Crippen molar-refractivity contribution in [3.63, 3.8) is 0 Å². The number of piperazine rings is 1. The van der Waals surface area contributed by atoms with Gasteiger partial charge in [0.25, 0.3) is 0 Å². The van der Waals surface area contributed by atoms with Crippen LogP contribution in [0, 0.1) is 5.92 Å². The van der Waals surface area contributed by atoms with E-state index in [0.717, 1.165) is 43.0 Å². The lowest BCUT2D eigenvalue weighted by Gasteiger charge is -2.29. The Balaban J connectivity index is 1.78. The number of carbonyl (C=O) groups excluding carboxylic acids is 1. The van der Waals surface area contributed by atoms with Crippen LogP contribution in [0.3, 0.4) is 0 Å². The minimum Gasteiger partial charge on any atom is -0.369 e. The van der Waals surface area contributed by atoms with Crippen LogP contribution >= 0.6 is 0 Å². The Morgan fingerprint density at radius 1 is 1.03 bits per heavy atom. The molecule has 1 unspecified atom stereocenters. The number of rotatable bonds is 9. The highest BCUT2D eigenvalue weighted by atomic mass is 19.4. The number of nitrogens with one attached hydrogen (secondary N) is 3. The molecule has 1 fully saturated rings. The standard InChI is InChI=1S/C25H34F3N5O/c1-17(2)15-22(24(34)31-16-29)32-23(25(26,27)28)20-5-3-18(4-6-20)19-7-9-21(10-8-19)33-13-11-30-12-14-33/h3-10,17,22-23,30,32H,11-16,29H2,1-2H3,(H,31,34)/t22-,23?/m0/s1. The Kier molecular flexibility index (Phi) is 8.93. The average Bonchev–Trinajstić information content (AvgIpc) is 2.82. The lowest BCUT2D eigenvalue weighted by atomic mass is 9.97. The van der Waals surface area contributed by atoms with E-state index in [0.29, 0.717) is 0 Å². The van der Waals surface area contributed by atoms with Crippen molar-refractivity contribution in [1.82, 2.24) is 16.0 Å². The normalized spacial score (nSPS) is 16.4. The van der Waals surface area contributed by atoms with Crippen LogP contribution in [-0.2, 0) is 4.79 Å². The second-order valence-corrected chi connectivity index (χ2v) is 8.97. The van der Waals surface area contributed by atoms with Gasteiger partial charge in [0.15, 0.2) is 0 Å². The molecule has 6 nitrogen and oxygen atoms in total. The number of nitrogens with zero attached hydrogens (tertiary/aromatic N) is 1. The Morgan fingerprint density at radius 3 is 2.09 bits per heavy atom. The van der Waals surface area contributed by atoms with Crippen LogP contribution in [0.15, 0.2) is 48.5 Å². The molecule has 2 atom stereocenters. The molecule has 0 spiro atoms. The summed E-state index contributed by atoms with van der Waals surface area (Å²) in [6, 6.07) is 11.4. The summed E-state index contributed by atoms with van der Waals surface area (Å²) in [5.74, 6) is -0.506. The maximum absolute atomic E-state index is 14.0. The molecule has 34 heavy (non-hydrogen) atoms. The summed E-state index contributed by atoms with van der Waals surface area (Å²) in [6.45, 7) is 7.37. The van der Waals surface area contributed by atoms with Gasteiger partial charge in [-0.25, -0.2) is 0 Å². The molecule has 0 aromatic heterocycles. The first-order valence-corrected chi connectivity index (χ1v) is 11.7. The second kappa shape index (κ2) is 11.7. The van der Waals surface area contributed by atoms with Crippen molar-refractivity contribution in [3.05, 3.63) is 54.1 Å². The number of hydrogen-bond acceptors (Lipinski definition) is 5. The summed E-state index contributed by atoms with van der Waals surface area (Å²) in [7, 11) is 0. The minimum atomic E-state index is -4.56. The lowest BCUT2D eigenvalue weighted by Crippen LogP contribution is -2.50. The Hall–Kier alpha value is -2.62. The van der Waals surface area contributed by atoms with Crippen LogP contribution in [-0.4, -0.2) is 51.0 Å². The Bertz CT molecular complexity index is 910. The third-order valence-electron chi connectivity index (χ3n) is 5.92. The van der Waals surface area contributed by atoms with Crippen molar-refractivity contribution < 1.29 is 18.0 Å². The van der Waals surface area contributed by atoms with E-state index in [1.165, 1.54) is 12.1 Å². The van der Waals surface area contributed by atoms with Crippen molar-refractivity contribution in [3.8, 4) is 11.1 Å². The van der Waals surface area contributed by atoms with E-state index in [4.69, 9.17) is 5.73 Å². The highest BCUT2D eigenvalue weighted by molar-refractivity contribution is 5.81. The summed E-state index contributed by atoms with van der Waals surface area (Å²) in [6.07, 6.45) is -4.30. The first-order chi connectivity index (χ1) is 16.2. The van der Waals surface area contributed by atoms with Crippen LogP contribution < -0.4 is 26.6 Å². The molecule has 2 aromatic carbocycles. The SMILES string of the molecule is CC(C)C[C@H](NC(c1ccc(-c2ccc(N3CCNCC3)cc2)cc1)C(F)(F)F)C(=O)NCN. The summed E-state index contributed by atoms with van der Waals surface area (Å²) in [5, 5.41) is 8.27. The number of benzene rings is 2. The molecule has 9 heteroatoms. The van der Waals surface area contributed by atoms with Gasteiger partial charge in [-0.05, 0) is 41.2 Å². The van der Waals surface area contributed by atoms with Crippen LogP contribution in [0.25, 0.3) is 11.1 Å². The van der Waals surface area contributed by atoms with Crippen molar-refractivity contribution >= 4 is 11.6 Å². The summed E-state index contributed by atoms with van der Waals surface area (Å²) >= 11 is 0. The smallest absolute Gasteiger partial charge is 0.369 e. The van der Waals surface area contributed by atoms with Gasteiger partial charge in [-0.1, -0.05) is 50.2 Å². The Morgan fingerprint density at radius 2 is 1.59 bits per heavy atom. The molecule has 186 valence electrons. The van der Waals surface area contributed by atoms with E-state index in [2.05, 4.69) is 20.9 Å². The maximum atomic E-state index is 14.0. The fraction of sp³-hybridized carbons (Fsp3) is 0.480. The first-order valence-electron chi connectivity index (χ1n) is 11.7. The van der Waals surface area contributed by atoms with Crippen LogP contribution in [0.5, 0.6) is 0 Å². The van der Waals surface area contributed by atoms with E-state index < -0.39 is 24.2 Å². The van der Waals surface area contributed by atoms with Gasteiger partial charge in [0.05, 0.1) is 12.7 Å². The van der Waals surface area contributed by atoms with Crippen molar-refractivity contribution in [2.45, 2.75) is 38.5 Å². The Labute approximate surface area is 199 Å². The molecule has 3 rings (SSSR count). The number of halogens is 3. The van der Waals surface area contributed by atoms with Crippen molar-refractivity contribution in [2.75, 3.05) is 37.7 Å². The van der Waals surface area contributed by atoms with Crippen molar-refractivity contribution in [2.24, 2.45) is 11.7 Å². The molecule has 0 saturated carbocycles. The molecular formula is C25H34F3N5O. The molecule has 2 aromatic rings. The highest BCUT2D eigenvalue weighted by Crippen LogP contribution is 2.35. The van der Waals surface area contributed by atoms with Gasteiger partial charge in [0.1, 0.15) is 6.04 Å². The predicted octanol–water partition coefficient (Wildman–Crippen LogP) is 3.40. The van der Waals surface area contributed by atoms with Gasteiger partial charge < -0.3 is 21.3 Å². The lowest BCUT2D eigenvalue weighted by molar-refractivity contribution is -0.161. The predicted molar refractivity (Wildman–Crippen MR) is 129 cm³/mol. The average molecular weight is 478 g/mol. The second-order valence-electron chi connectivity index (χ2n) is 8.97.